The van der Waals surface area contributed by atoms with E-state index in [1.807, 2.05) is 26.2 Å². The van der Waals surface area contributed by atoms with Gasteiger partial charge in [0, 0.05) is 31.9 Å². The zero-order chi connectivity index (χ0) is 15.3. The van der Waals surface area contributed by atoms with Crippen molar-refractivity contribution in [3.8, 4) is 0 Å². The van der Waals surface area contributed by atoms with Gasteiger partial charge in [-0.25, -0.2) is 0 Å². The van der Waals surface area contributed by atoms with Gasteiger partial charge in [-0.05, 0) is 37.0 Å². The van der Waals surface area contributed by atoms with Crippen LogP contribution in [0, 0.1) is 5.92 Å². The Kier molecular flexibility index (Phi) is 6.50. The maximum Gasteiger partial charge on any atom is 0.0945 e. The van der Waals surface area contributed by atoms with Crippen molar-refractivity contribution in [1.82, 2.24) is 5.32 Å². The molecule has 0 aliphatic heterocycles. The molecule has 1 aromatic rings. The molecule has 0 fully saturated rings. The third kappa shape index (κ3) is 4.50. The highest BCUT2D eigenvalue weighted by Crippen LogP contribution is 2.24. The van der Waals surface area contributed by atoms with Gasteiger partial charge in [-0.3, -0.25) is 0 Å². The van der Waals surface area contributed by atoms with Crippen molar-refractivity contribution >= 4 is 5.69 Å². The van der Waals surface area contributed by atoms with Gasteiger partial charge in [-0.1, -0.05) is 32.9 Å². The molecule has 3 heteroatoms. The quantitative estimate of drug-likeness (QED) is 0.804. The molecule has 3 nitrogen and oxygen atoms in total. The van der Waals surface area contributed by atoms with Crippen LogP contribution in [0.3, 0.4) is 0 Å². The van der Waals surface area contributed by atoms with Crippen molar-refractivity contribution in [2.75, 3.05) is 19.0 Å². The predicted octanol–water partition coefficient (Wildman–Crippen LogP) is 3.20. The predicted molar refractivity (Wildman–Crippen MR) is 87.2 cm³/mol. The first kappa shape index (κ1) is 17.0. The van der Waals surface area contributed by atoms with E-state index in [2.05, 4.69) is 50.0 Å². The van der Waals surface area contributed by atoms with Gasteiger partial charge in [0.2, 0.25) is 0 Å². The highest BCUT2D eigenvalue weighted by atomic mass is 16.3. The van der Waals surface area contributed by atoms with Crippen LogP contribution >= 0.6 is 0 Å². The number of hydrogen-bond donors (Lipinski definition) is 2. The minimum atomic E-state index is -0.472. The number of rotatable bonds is 7. The first-order valence-electron chi connectivity index (χ1n) is 7.58. The Morgan fingerprint density at radius 3 is 2.05 bits per heavy atom. The van der Waals surface area contributed by atoms with Crippen LogP contribution < -0.4 is 10.2 Å². The van der Waals surface area contributed by atoms with Crippen LogP contribution in [0.15, 0.2) is 24.3 Å². The number of aliphatic hydroxyl groups excluding tert-OH is 1. The lowest BCUT2D eigenvalue weighted by molar-refractivity contribution is 0.0986. The van der Waals surface area contributed by atoms with E-state index in [0.717, 1.165) is 17.7 Å². The Morgan fingerprint density at radius 2 is 1.65 bits per heavy atom. The number of benzene rings is 1. The van der Waals surface area contributed by atoms with Gasteiger partial charge < -0.3 is 15.3 Å². The molecule has 0 spiro atoms. The summed E-state index contributed by atoms with van der Waals surface area (Å²) >= 11 is 0. The van der Waals surface area contributed by atoms with Crippen LogP contribution in [0.4, 0.5) is 5.69 Å². The van der Waals surface area contributed by atoms with Crippen molar-refractivity contribution in [2.24, 2.45) is 5.92 Å². The third-order valence-electron chi connectivity index (χ3n) is 3.90. The summed E-state index contributed by atoms with van der Waals surface area (Å²) in [5.41, 5.74) is 2.13. The highest BCUT2D eigenvalue weighted by Gasteiger charge is 2.24. The summed E-state index contributed by atoms with van der Waals surface area (Å²) in [6, 6.07) is 8.65. The van der Waals surface area contributed by atoms with Gasteiger partial charge >= 0.3 is 0 Å². The normalized spacial score (nSPS) is 16.0. The summed E-state index contributed by atoms with van der Waals surface area (Å²) in [5.74, 6) is 0.382. The number of nitrogens with one attached hydrogen (secondary N) is 1. The summed E-state index contributed by atoms with van der Waals surface area (Å²) in [6.45, 7) is 8.62. The summed E-state index contributed by atoms with van der Waals surface area (Å²) < 4.78 is 0. The standard InChI is InChI=1S/C17H30N2O/c1-7-13(4)18-16(12(2)3)17(20)14-8-10-15(11-9-14)19(5)6/h8-13,16-18,20H,7H2,1-6H3. The van der Waals surface area contributed by atoms with Gasteiger partial charge in [0.15, 0.2) is 0 Å². The fourth-order valence-electron chi connectivity index (χ4n) is 2.27. The average Bonchev–Trinajstić information content (AvgIpc) is 2.43. The SMILES string of the molecule is CCC(C)NC(C(C)C)C(O)c1ccc(N(C)C)cc1. The van der Waals surface area contributed by atoms with Crippen molar-refractivity contribution in [1.29, 1.82) is 0 Å². The third-order valence-corrected chi connectivity index (χ3v) is 3.90. The molecule has 0 radical (unpaired) electrons. The Hall–Kier alpha value is -1.06. The molecule has 0 aliphatic carbocycles. The van der Waals surface area contributed by atoms with Crippen molar-refractivity contribution in [3.63, 3.8) is 0 Å². The van der Waals surface area contributed by atoms with Gasteiger partial charge in [0.25, 0.3) is 0 Å². The number of nitrogens with zero attached hydrogens (tertiary/aromatic N) is 1. The molecule has 114 valence electrons. The molecular weight excluding hydrogens is 248 g/mol. The van der Waals surface area contributed by atoms with Crippen LogP contribution in [-0.4, -0.2) is 31.3 Å². The molecule has 0 aromatic heterocycles. The maximum atomic E-state index is 10.6. The van der Waals surface area contributed by atoms with Crippen LogP contribution in [0.1, 0.15) is 45.8 Å². The lowest BCUT2D eigenvalue weighted by Gasteiger charge is -2.30. The summed E-state index contributed by atoms with van der Waals surface area (Å²) in [6.07, 6.45) is 0.593. The van der Waals surface area contributed by atoms with Crippen LogP contribution in [0.5, 0.6) is 0 Å². The second-order valence-electron chi connectivity index (χ2n) is 6.18. The minimum Gasteiger partial charge on any atom is -0.387 e. The van der Waals surface area contributed by atoms with Crippen LogP contribution in [-0.2, 0) is 0 Å². The first-order valence-corrected chi connectivity index (χ1v) is 7.58. The molecule has 0 bridgehead atoms. The number of hydrogen-bond acceptors (Lipinski definition) is 3. The molecule has 0 aliphatic rings. The zero-order valence-electron chi connectivity index (χ0n) is 13.7. The van der Waals surface area contributed by atoms with E-state index in [-0.39, 0.29) is 6.04 Å². The lowest BCUT2D eigenvalue weighted by Crippen LogP contribution is -2.43. The fourth-order valence-corrected chi connectivity index (χ4v) is 2.27. The average molecular weight is 278 g/mol. The lowest BCUT2D eigenvalue weighted by atomic mass is 9.92. The van der Waals surface area contributed by atoms with Gasteiger partial charge in [0.1, 0.15) is 0 Å². The fraction of sp³-hybridized carbons (Fsp3) is 0.647. The van der Waals surface area contributed by atoms with Crippen LogP contribution in [0.25, 0.3) is 0 Å². The molecule has 3 atom stereocenters. The summed E-state index contributed by atoms with van der Waals surface area (Å²) in [5, 5.41) is 14.2. The number of aliphatic hydroxyl groups is 1. The van der Waals surface area contributed by atoms with E-state index in [0.29, 0.717) is 12.0 Å². The van der Waals surface area contributed by atoms with Gasteiger partial charge in [0.05, 0.1) is 6.10 Å². The van der Waals surface area contributed by atoms with Gasteiger partial charge in [-0.15, -0.1) is 0 Å². The summed E-state index contributed by atoms with van der Waals surface area (Å²) in [7, 11) is 4.04. The molecule has 20 heavy (non-hydrogen) atoms. The molecule has 0 amide bonds. The molecular formula is C17H30N2O. The number of anilines is 1. The minimum absolute atomic E-state index is 0.0788. The van der Waals surface area contributed by atoms with E-state index in [1.165, 1.54) is 0 Å². The largest absolute Gasteiger partial charge is 0.387 e. The molecule has 3 unspecified atom stereocenters. The maximum absolute atomic E-state index is 10.6. The van der Waals surface area contributed by atoms with Crippen LogP contribution in [0.2, 0.25) is 0 Å². The van der Waals surface area contributed by atoms with Crippen molar-refractivity contribution in [3.05, 3.63) is 29.8 Å². The highest BCUT2D eigenvalue weighted by molar-refractivity contribution is 5.46. The van der Waals surface area contributed by atoms with E-state index < -0.39 is 6.10 Å². The molecule has 2 N–H and O–H groups in total. The molecule has 0 saturated carbocycles. The first-order chi connectivity index (χ1) is 9.36. The van der Waals surface area contributed by atoms with Gasteiger partial charge in [-0.2, -0.15) is 0 Å². The Morgan fingerprint density at radius 1 is 1.10 bits per heavy atom. The molecule has 0 saturated heterocycles. The molecule has 1 rings (SSSR count). The second-order valence-corrected chi connectivity index (χ2v) is 6.18. The smallest absolute Gasteiger partial charge is 0.0945 e. The van der Waals surface area contributed by atoms with E-state index in [9.17, 15) is 5.11 Å². The van der Waals surface area contributed by atoms with Crippen molar-refractivity contribution in [2.45, 2.75) is 52.3 Å². The molecule has 0 heterocycles. The van der Waals surface area contributed by atoms with E-state index in [1.54, 1.807) is 0 Å². The summed E-state index contributed by atoms with van der Waals surface area (Å²) in [4.78, 5) is 2.06. The monoisotopic (exact) mass is 278 g/mol. The Labute approximate surface area is 124 Å². The van der Waals surface area contributed by atoms with E-state index >= 15 is 0 Å². The van der Waals surface area contributed by atoms with Crippen molar-refractivity contribution < 1.29 is 5.11 Å². The second kappa shape index (κ2) is 7.65. The Balaban J connectivity index is 2.85. The molecule has 1 aromatic carbocycles. The Bertz CT molecular complexity index is 386. The zero-order valence-corrected chi connectivity index (χ0v) is 13.7. The topological polar surface area (TPSA) is 35.5 Å². The van der Waals surface area contributed by atoms with E-state index in [4.69, 9.17) is 0 Å².